The third kappa shape index (κ3) is 2.83. The Labute approximate surface area is 178 Å². The highest BCUT2D eigenvalue weighted by Gasteiger charge is 2.61. The van der Waals surface area contributed by atoms with E-state index >= 15 is 0 Å². The molecular weight excluding hydrogens is 376 g/mol. The van der Waals surface area contributed by atoms with Crippen molar-refractivity contribution in [2.75, 3.05) is 0 Å². The maximum absolute atomic E-state index is 12.7. The number of ketones is 1. The lowest BCUT2D eigenvalue weighted by molar-refractivity contribution is -0.130. The molecule has 3 saturated carbocycles. The molecule has 3 fully saturated rings. The molecule has 0 aliphatic heterocycles. The lowest BCUT2D eigenvalue weighted by Crippen LogP contribution is -2.53. The molecule has 0 radical (unpaired) electrons. The SMILES string of the molecule is C[C@]12CC[C@@H]3[C@H](CCC4=CC(=O)CC[C@]43C=O)[C@@H]1CC[C@@H]2OC(=O)c1ccccc1. The normalized spacial score (nSPS) is 39.9. The van der Waals surface area contributed by atoms with Crippen LogP contribution in [0.2, 0.25) is 0 Å². The molecule has 4 aliphatic rings. The first kappa shape index (κ1) is 19.7. The first-order valence-electron chi connectivity index (χ1n) is 11.4. The predicted octanol–water partition coefficient (Wildman–Crippen LogP) is 4.92. The van der Waals surface area contributed by atoms with E-state index < -0.39 is 5.41 Å². The molecule has 6 atom stereocenters. The smallest absolute Gasteiger partial charge is 0.338 e. The van der Waals surface area contributed by atoms with Gasteiger partial charge in [-0.15, -0.1) is 0 Å². The summed E-state index contributed by atoms with van der Waals surface area (Å²) in [5, 5.41) is 0. The van der Waals surface area contributed by atoms with Crippen molar-refractivity contribution < 1.29 is 19.1 Å². The second kappa shape index (κ2) is 7.18. The molecule has 5 rings (SSSR count). The Morgan fingerprint density at radius 3 is 2.60 bits per heavy atom. The van der Waals surface area contributed by atoms with E-state index in [4.69, 9.17) is 4.74 Å². The Morgan fingerprint density at radius 1 is 1.03 bits per heavy atom. The molecule has 158 valence electrons. The molecule has 4 heteroatoms. The number of rotatable bonds is 3. The van der Waals surface area contributed by atoms with Crippen molar-refractivity contribution >= 4 is 18.0 Å². The lowest BCUT2D eigenvalue weighted by Gasteiger charge is -2.56. The average Bonchev–Trinajstić information content (AvgIpc) is 3.10. The molecule has 0 saturated heterocycles. The van der Waals surface area contributed by atoms with E-state index in [1.54, 1.807) is 18.2 Å². The minimum absolute atomic E-state index is 0.0264. The van der Waals surface area contributed by atoms with Gasteiger partial charge in [0.05, 0.1) is 11.0 Å². The van der Waals surface area contributed by atoms with E-state index in [2.05, 4.69) is 6.92 Å². The Kier molecular flexibility index (Phi) is 4.72. The Balaban J connectivity index is 1.39. The van der Waals surface area contributed by atoms with E-state index in [0.29, 0.717) is 36.2 Å². The molecule has 4 nitrogen and oxygen atoms in total. The number of hydrogen-bond acceptors (Lipinski definition) is 4. The number of esters is 1. The molecule has 0 N–H and O–H groups in total. The van der Waals surface area contributed by atoms with Gasteiger partial charge in [-0.3, -0.25) is 4.79 Å². The summed E-state index contributed by atoms with van der Waals surface area (Å²) < 4.78 is 6.06. The minimum atomic E-state index is -0.434. The number of ether oxygens (including phenoxy) is 1. The van der Waals surface area contributed by atoms with E-state index in [-0.39, 0.29) is 23.3 Å². The van der Waals surface area contributed by atoms with Gasteiger partial charge in [0, 0.05) is 11.8 Å². The maximum atomic E-state index is 12.7. The highest BCUT2D eigenvalue weighted by atomic mass is 16.5. The molecule has 0 bridgehead atoms. The van der Waals surface area contributed by atoms with Crippen LogP contribution in [-0.4, -0.2) is 24.1 Å². The molecular formula is C26H30O4. The Morgan fingerprint density at radius 2 is 1.83 bits per heavy atom. The average molecular weight is 407 g/mol. The van der Waals surface area contributed by atoms with Crippen molar-refractivity contribution in [1.82, 2.24) is 0 Å². The van der Waals surface area contributed by atoms with Crippen molar-refractivity contribution in [2.24, 2.45) is 28.6 Å². The van der Waals surface area contributed by atoms with Gasteiger partial charge in [0.1, 0.15) is 12.4 Å². The van der Waals surface area contributed by atoms with Crippen molar-refractivity contribution in [3.63, 3.8) is 0 Å². The first-order chi connectivity index (χ1) is 14.5. The van der Waals surface area contributed by atoms with Gasteiger partial charge in [0.25, 0.3) is 0 Å². The fourth-order valence-electron chi connectivity index (χ4n) is 7.41. The van der Waals surface area contributed by atoms with Crippen LogP contribution >= 0.6 is 0 Å². The third-order valence-electron chi connectivity index (χ3n) is 8.95. The first-order valence-corrected chi connectivity index (χ1v) is 11.4. The van der Waals surface area contributed by atoms with Crippen LogP contribution in [0.1, 0.15) is 68.6 Å². The number of allylic oxidation sites excluding steroid dienone is 1. The van der Waals surface area contributed by atoms with Crippen LogP contribution in [0.4, 0.5) is 0 Å². The summed E-state index contributed by atoms with van der Waals surface area (Å²) in [6.07, 6.45) is 9.86. The molecule has 30 heavy (non-hydrogen) atoms. The second-order valence-electron chi connectivity index (χ2n) is 10.1. The number of hydrogen-bond donors (Lipinski definition) is 0. The van der Waals surface area contributed by atoms with Crippen LogP contribution in [0.5, 0.6) is 0 Å². The number of carbonyl (C=O) groups is 3. The Bertz CT molecular complexity index is 903. The van der Waals surface area contributed by atoms with E-state index in [0.717, 1.165) is 44.1 Å². The third-order valence-corrected chi connectivity index (χ3v) is 8.95. The summed E-state index contributed by atoms with van der Waals surface area (Å²) in [6.45, 7) is 2.30. The summed E-state index contributed by atoms with van der Waals surface area (Å²) >= 11 is 0. The lowest BCUT2D eigenvalue weighted by atomic mass is 9.47. The zero-order valence-electron chi connectivity index (χ0n) is 17.6. The van der Waals surface area contributed by atoms with Crippen molar-refractivity contribution in [3.05, 3.63) is 47.5 Å². The van der Waals surface area contributed by atoms with Gasteiger partial charge in [-0.05, 0) is 80.9 Å². The maximum Gasteiger partial charge on any atom is 0.338 e. The summed E-state index contributed by atoms with van der Waals surface area (Å²) in [6, 6.07) is 9.24. The van der Waals surface area contributed by atoms with Crippen molar-refractivity contribution in [3.8, 4) is 0 Å². The predicted molar refractivity (Wildman–Crippen MR) is 113 cm³/mol. The molecule has 1 aromatic carbocycles. The number of carbonyl (C=O) groups excluding carboxylic acids is 3. The summed E-state index contributed by atoms with van der Waals surface area (Å²) in [5.41, 5.74) is 1.24. The van der Waals surface area contributed by atoms with Crippen LogP contribution in [0, 0.1) is 28.6 Å². The molecule has 1 aromatic rings. The molecule has 4 aliphatic carbocycles. The van der Waals surface area contributed by atoms with Crippen LogP contribution in [0.3, 0.4) is 0 Å². The van der Waals surface area contributed by atoms with Gasteiger partial charge >= 0.3 is 5.97 Å². The van der Waals surface area contributed by atoms with E-state index in [1.165, 1.54) is 6.29 Å². The largest absolute Gasteiger partial charge is 0.458 e. The number of benzene rings is 1. The van der Waals surface area contributed by atoms with Crippen LogP contribution in [0.15, 0.2) is 42.0 Å². The van der Waals surface area contributed by atoms with E-state index in [1.807, 2.05) is 18.2 Å². The van der Waals surface area contributed by atoms with Gasteiger partial charge in [-0.1, -0.05) is 30.7 Å². The summed E-state index contributed by atoms with van der Waals surface area (Å²) in [7, 11) is 0. The highest BCUT2D eigenvalue weighted by molar-refractivity contribution is 5.93. The van der Waals surface area contributed by atoms with Gasteiger partial charge in [0.2, 0.25) is 0 Å². The van der Waals surface area contributed by atoms with Crippen LogP contribution in [0.25, 0.3) is 0 Å². The van der Waals surface area contributed by atoms with Crippen molar-refractivity contribution in [2.45, 2.75) is 64.4 Å². The fraction of sp³-hybridized carbons (Fsp3) is 0.577. The minimum Gasteiger partial charge on any atom is -0.458 e. The monoisotopic (exact) mass is 406 g/mol. The quantitative estimate of drug-likeness (QED) is 0.528. The number of aldehydes is 1. The fourth-order valence-corrected chi connectivity index (χ4v) is 7.41. The van der Waals surface area contributed by atoms with Gasteiger partial charge in [-0.25, -0.2) is 4.79 Å². The molecule has 0 unspecified atom stereocenters. The van der Waals surface area contributed by atoms with Crippen molar-refractivity contribution in [1.29, 1.82) is 0 Å². The second-order valence-corrected chi connectivity index (χ2v) is 10.1. The molecule has 0 spiro atoms. The van der Waals surface area contributed by atoms with E-state index in [9.17, 15) is 14.4 Å². The topological polar surface area (TPSA) is 60.4 Å². The van der Waals surface area contributed by atoms with Crippen LogP contribution < -0.4 is 0 Å². The zero-order chi connectivity index (χ0) is 20.9. The Hall–Kier alpha value is -2.23. The zero-order valence-corrected chi connectivity index (χ0v) is 17.6. The summed E-state index contributed by atoms with van der Waals surface area (Å²) in [4.78, 5) is 37.1. The highest BCUT2D eigenvalue weighted by Crippen LogP contribution is 2.65. The van der Waals surface area contributed by atoms with Gasteiger partial charge in [-0.2, -0.15) is 0 Å². The number of fused-ring (bicyclic) bond motifs is 5. The van der Waals surface area contributed by atoms with Gasteiger partial charge < -0.3 is 9.53 Å². The van der Waals surface area contributed by atoms with Crippen LogP contribution in [-0.2, 0) is 14.3 Å². The summed E-state index contributed by atoms with van der Waals surface area (Å²) in [5.74, 6) is 1.22. The molecule has 0 amide bonds. The standard InChI is InChI=1S/C26H30O4/c1-25-13-12-22-20(8-7-18-15-19(28)11-14-26(18,22)16-27)21(25)9-10-23(25)30-24(29)17-5-3-2-4-6-17/h2-6,15-16,20-23H,7-14H2,1H3/t20-,21+,22-,23+,25+,26+/m1/s1. The van der Waals surface area contributed by atoms with Gasteiger partial charge in [0.15, 0.2) is 5.78 Å². The molecule has 0 aromatic heterocycles. The molecule has 0 heterocycles.